The van der Waals surface area contributed by atoms with E-state index in [9.17, 15) is 9.59 Å². The Hall–Kier alpha value is -3.61. The van der Waals surface area contributed by atoms with Gasteiger partial charge in [-0.1, -0.05) is 42.5 Å². The Morgan fingerprint density at radius 2 is 1.81 bits per heavy atom. The first kappa shape index (κ1) is 20.7. The average molecular weight is 419 g/mol. The molecule has 31 heavy (non-hydrogen) atoms. The lowest BCUT2D eigenvalue weighted by Crippen LogP contribution is -2.52. The van der Waals surface area contributed by atoms with Crippen molar-refractivity contribution in [1.82, 2.24) is 14.5 Å². The van der Waals surface area contributed by atoms with Gasteiger partial charge in [0.2, 0.25) is 0 Å². The summed E-state index contributed by atoms with van der Waals surface area (Å²) in [6, 6.07) is 16.2. The first-order chi connectivity index (χ1) is 14.9. The van der Waals surface area contributed by atoms with Crippen LogP contribution >= 0.6 is 0 Å². The Balaban J connectivity index is 1.76. The number of hydrogen-bond donors (Lipinski definition) is 0. The van der Waals surface area contributed by atoms with Gasteiger partial charge in [0, 0.05) is 6.20 Å². The summed E-state index contributed by atoms with van der Waals surface area (Å²) in [6.07, 6.45) is 2.23. The molecule has 7 nitrogen and oxygen atoms in total. The van der Waals surface area contributed by atoms with Crippen LogP contribution in [0.25, 0.3) is 0 Å². The fourth-order valence-corrected chi connectivity index (χ4v) is 4.02. The molecule has 0 spiro atoms. The molecule has 1 aromatic heterocycles. The fraction of sp³-hybridized carbons (Fsp3) is 0.292. The predicted molar refractivity (Wildman–Crippen MR) is 115 cm³/mol. The molecule has 7 heteroatoms. The molecule has 1 aliphatic rings. The smallest absolute Gasteiger partial charge is 0.417 e. The maximum absolute atomic E-state index is 14.0. The quantitative estimate of drug-likeness (QED) is 0.623. The van der Waals surface area contributed by atoms with Crippen molar-refractivity contribution in [2.24, 2.45) is 0 Å². The lowest BCUT2D eigenvalue weighted by molar-refractivity contribution is -0.135. The highest BCUT2D eigenvalue weighted by atomic mass is 16.6. The van der Waals surface area contributed by atoms with E-state index < -0.39 is 23.8 Å². The molecule has 0 radical (unpaired) electrons. The van der Waals surface area contributed by atoms with E-state index in [1.165, 1.54) is 4.90 Å². The standard InChI is InChI=1S/C24H25N3O4/c1-16-14-26(15-25-16)24(3,19-10-12-20(30-4)13-11-19)22(28)27-17(2)21(31-23(27)29)18-8-6-5-7-9-18/h5-15,17,21H,1-4H3. The number of aryl methyl sites for hydroxylation is 1. The summed E-state index contributed by atoms with van der Waals surface area (Å²) in [6.45, 7) is 5.47. The molecule has 0 saturated carbocycles. The molecular weight excluding hydrogens is 394 g/mol. The van der Waals surface area contributed by atoms with E-state index in [-0.39, 0.29) is 5.91 Å². The summed E-state index contributed by atoms with van der Waals surface area (Å²) < 4.78 is 12.6. The van der Waals surface area contributed by atoms with Crippen molar-refractivity contribution in [2.75, 3.05) is 7.11 Å². The number of benzene rings is 2. The molecule has 3 atom stereocenters. The van der Waals surface area contributed by atoms with Gasteiger partial charge in [0.25, 0.3) is 5.91 Å². The second kappa shape index (κ2) is 7.91. The van der Waals surface area contributed by atoms with E-state index in [1.54, 1.807) is 43.3 Å². The predicted octanol–water partition coefficient (Wildman–Crippen LogP) is 4.07. The molecule has 0 aliphatic carbocycles. The van der Waals surface area contributed by atoms with Crippen molar-refractivity contribution >= 4 is 12.0 Å². The van der Waals surface area contributed by atoms with Crippen molar-refractivity contribution in [3.8, 4) is 5.75 Å². The summed E-state index contributed by atoms with van der Waals surface area (Å²) in [7, 11) is 1.59. The minimum Gasteiger partial charge on any atom is -0.497 e. The number of carbonyl (C=O) groups excluding carboxylic acids is 2. The van der Waals surface area contributed by atoms with Crippen LogP contribution in [0.15, 0.2) is 67.1 Å². The third-order valence-corrected chi connectivity index (χ3v) is 5.91. The van der Waals surface area contributed by atoms with Gasteiger partial charge in [-0.25, -0.2) is 14.7 Å². The van der Waals surface area contributed by atoms with Gasteiger partial charge < -0.3 is 14.0 Å². The Morgan fingerprint density at radius 3 is 2.39 bits per heavy atom. The van der Waals surface area contributed by atoms with E-state index in [0.717, 1.165) is 11.3 Å². The van der Waals surface area contributed by atoms with Gasteiger partial charge in [0.1, 0.15) is 17.4 Å². The van der Waals surface area contributed by atoms with Crippen LogP contribution in [0.1, 0.15) is 36.8 Å². The molecule has 3 unspecified atom stereocenters. The molecule has 160 valence electrons. The number of amides is 2. The van der Waals surface area contributed by atoms with Crippen LogP contribution in [-0.4, -0.2) is 39.6 Å². The topological polar surface area (TPSA) is 73.7 Å². The minimum atomic E-state index is -1.20. The molecule has 0 bridgehead atoms. The summed E-state index contributed by atoms with van der Waals surface area (Å²) in [5, 5.41) is 0. The Labute approximate surface area is 181 Å². The highest BCUT2D eigenvalue weighted by Crippen LogP contribution is 2.37. The SMILES string of the molecule is COc1ccc(C(C)(C(=O)N2C(=O)OC(c3ccccc3)C2C)n2cnc(C)c2)cc1. The number of imide groups is 1. The van der Waals surface area contributed by atoms with E-state index in [2.05, 4.69) is 4.98 Å². The van der Waals surface area contributed by atoms with Gasteiger partial charge in [0.05, 0.1) is 25.2 Å². The largest absolute Gasteiger partial charge is 0.497 e. The van der Waals surface area contributed by atoms with Crippen LogP contribution in [0.2, 0.25) is 0 Å². The molecule has 4 rings (SSSR count). The second-order valence-corrected chi connectivity index (χ2v) is 7.85. The Morgan fingerprint density at radius 1 is 1.13 bits per heavy atom. The van der Waals surface area contributed by atoms with Crippen molar-refractivity contribution in [2.45, 2.75) is 38.5 Å². The molecule has 1 aliphatic heterocycles. The fourth-order valence-electron chi connectivity index (χ4n) is 4.02. The first-order valence-corrected chi connectivity index (χ1v) is 10.1. The van der Waals surface area contributed by atoms with Gasteiger partial charge in [-0.2, -0.15) is 0 Å². The highest BCUT2D eigenvalue weighted by Gasteiger charge is 2.50. The molecule has 1 fully saturated rings. The van der Waals surface area contributed by atoms with E-state index in [0.29, 0.717) is 11.3 Å². The molecule has 2 amide bonds. The van der Waals surface area contributed by atoms with Crippen molar-refractivity contribution in [3.63, 3.8) is 0 Å². The first-order valence-electron chi connectivity index (χ1n) is 10.1. The van der Waals surface area contributed by atoms with Crippen molar-refractivity contribution in [3.05, 3.63) is 83.9 Å². The number of methoxy groups -OCH3 is 1. The summed E-state index contributed by atoms with van der Waals surface area (Å²) in [5.74, 6) is 0.296. The summed E-state index contributed by atoms with van der Waals surface area (Å²) >= 11 is 0. The zero-order valence-electron chi connectivity index (χ0n) is 18.0. The number of carbonyl (C=O) groups is 2. The minimum absolute atomic E-state index is 0.383. The molecule has 2 heterocycles. The van der Waals surface area contributed by atoms with Crippen LogP contribution in [0.3, 0.4) is 0 Å². The lowest BCUT2D eigenvalue weighted by Gasteiger charge is -2.34. The summed E-state index contributed by atoms with van der Waals surface area (Å²) in [4.78, 5) is 32.4. The van der Waals surface area contributed by atoms with E-state index in [4.69, 9.17) is 9.47 Å². The van der Waals surface area contributed by atoms with Crippen LogP contribution in [0.4, 0.5) is 4.79 Å². The van der Waals surface area contributed by atoms with E-state index in [1.807, 2.05) is 56.3 Å². The summed E-state index contributed by atoms with van der Waals surface area (Å²) in [5.41, 5.74) is 1.13. The van der Waals surface area contributed by atoms with Gasteiger partial charge in [-0.3, -0.25) is 4.79 Å². The van der Waals surface area contributed by atoms with Gasteiger partial charge in [-0.15, -0.1) is 0 Å². The van der Waals surface area contributed by atoms with Crippen molar-refractivity contribution < 1.29 is 19.1 Å². The van der Waals surface area contributed by atoms with E-state index >= 15 is 0 Å². The van der Waals surface area contributed by atoms with Crippen LogP contribution < -0.4 is 4.74 Å². The van der Waals surface area contributed by atoms with Gasteiger partial charge in [-0.05, 0) is 44.0 Å². The van der Waals surface area contributed by atoms with Crippen LogP contribution in [0, 0.1) is 6.92 Å². The molecule has 3 aromatic rings. The van der Waals surface area contributed by atoms with Crippen molar-refractivity contribution in [1.29, 1.82) is 0 Å². The third kappa shape index (κ3) is 3.46. The maximum atomic E-state index is 14.0. The number of ether oxygens (including phenoxy) is 2. The second-order valence-electron chi connectivity index (χ2n) is 7.85. The van der Waals surface area contributed by atoms with Crippen LogP contribution in [-0.2, 0) is 15.1 Å². The normalized spacial score (nSPS) is 20.3. The molecule has 1 saturated heterocycles. The number of nitrogens with zero attached hydrogens (tertiary/aromatic N) is 3. The number of rotatable bonds is 5. The Kier molecular flexibility index (Phi) is 5.27. The number of hydrogen-bond acceptors (Lipinski definition) is 5. The lowest BCUT2D eigenvalue weighted by atomic mass is 9.89. The number of imidazole rings is 1. The highest BCUT2D eigenvalue weighted by molar-refractivity contribution is 5.99. The Bertz CT molecular complexity index is 1090. The van der Waals surface area contributed by atoms with Gasteiger partial charge in [0.15, 0.2) is 0 Å². The third-order valence-electron chi connectivity index (χ3n) is 5.91. The number of aromatic nitrogens is 2. The monoisotopic (exact) mass is 419 g/mol. The average Bonchev–Trinajstić information content (AvgIpc) is 3.36. The molecule has 2 aromatic carbocycles. The zero-order valence-corrected chi connectivity index (χ0v) is 18.0. The van der Waals surface area contributed by atoms with Crippen LogP contribution in [0.5, 0.6) is 5.75 Å². The maximum Gasteiger partial charge on any atom is 0.417 e. The molecule has 0 N–H and O–H groups in total. The number of cyclic esters (lactones) is 1. The molecular formula is C24H25N3O4. The van der Waals surface area contributed by atoms with Gasteiger partial charge >= 0.3 is 6.09 Å². The zero-order chi connectivity index (χ0) is 22.2.